The normalized spacial score (nSPS) is 24.3. The summed E-state index contributed by atoms with van der Waals surface area (Å²) < 4.78 is 4.76. The molecule has 7 nitrogen and oxygen atoms in total. The molecule has 2 aliphatic rings. The summed E-state index contributed by atoms with van der Waals surface area (Å²) in [4.78, 5) is 36.1. The second kappa shape index (κ2) is 8.16. The molecule has 2 amide bonds. The SMILES string of the molecule is COC(=O)[C@H](C[C@@H]1CC(C)(C)NC1=O)NC(=O)[C@@H](N)CC1CC1.Cl. The second-order valence-electron chi connectivity index (χ2n) is 7.38. The van der Waals surface area contributed by atoms with E-state index in [-0.39, 0.29) is 42.1 Å². The van der Waals surface area contributed by atoms with Gasteiger partial charge in [0.1, 0.15) is 6.04 Å². The minimum absolute atomic E-state index is 0. The molecule has 0 aromatic carbocycles. The number of carbonyl (C=O) groups is 3. The highest BCUT2D eigenvalue weighted by Gasteiger charge is 2.40. The number of hydrogen-bond donors (Lipinski definition) is 3. The van der Waals surface area contributed by atoms with Crippen molar-refractivity contribution in [3.05, 3.63) is 0 Å². The number of amides is 2. The van der Waals surface area contributed by atoms with Crippen molar-refractivity contribution in [3.8, 4) is 0 Å². The van der Waals surface area contributed by atoms with Crippen LogP contribution in [0.15, 0.2) is 0 Å². The molecule has 1 aliphatic carbocycles. The number of methoxy groups -OCH3 is 1. The Bertz CT molecular complexity index is 494. The molecule has 0 aromatic rings. The number of carbonyl (C=O) groups excluding carboxylic acids is 3. The third-order valence-electron chi connectivity index (χ3n) is 4.53. The van der Waals surface area contributed by atoms with Crippen molar-refractivity contribution < 1.29 is 19.1 Å². The molecule has 0 unspecified atom stereocenters. The fourth-order valence-corrected chi connectivity index (χ4v) is 3.12. The Labute approximate surface area is 148 Å². The lowest BCUT2D eigenvalue weighted by Crippen LogP contribution is -2.49. The molecule has 1 heterocycles. The standard InChI is InChI=1S/C16H27N3O4.ClH/c1-16(2)8-10(13(20)19-16)7-12(15(22)23-3)18-14(21)11(17)6-9-4-5-9;/h9-12H,4-8,17H2,1-3H3,(H,18,21)(H,19,20);1H/t10-,11+,12+;/m1./s1. The minimum atomic E-state index is -0.845. The molecule has 3 atom stereocenters. The lowest BCUT2D eigenvalue weighted by Gasteiger charge is -2.21. The largest absolute Gasteiger partial charge is 0.467 e. The molecule has 2 rings (SSSR count). The summed E-state index contributed by atoms with van der Waals surface area (Å²) in [6, 6.07) is -1.47. The molecule has 24 heavy (non-hydrogen) atoms. The van der Waals surface area contributed by atoms with Gasteiger partial charge >= 0.3 is 5.97 Å². The zero-order chi connectivity index (χ0) is 17.2. The van der Waals surface area contributed by atoms with Crippen LogP contribution in [-0.4, -0.2) is 42.5 Å². The first-order valence-corrected chi connectivity index (χ1v) is 8.17. The van der Waals surface area contributed by atoms with Gasteiger partial charge in [0.15, 0.2) is 0 Å². The summed E-state index contributed by atoms with van der Waals surface area (Å²) in [5.74, 6) is -0.803. The first-order valence-electron chi connectivity index (χ1n) is 8.17. The van der Waals surface area contributed by atoms with Gasteiger partial charge in [-0.1, -0.05) is 12.8 Å². The molecule has 8 heteroatoms. The van der Waals surface area contributed by atoms with Gasteiger partial charge in [-0.25, -0.2) is 4.79 Å². The average molecular weight is 362 g/mol. The maximum absolute atomic E-state index is 12.2. The highest BCUT2D eigenvalue weighted by molar-refractivity contribution is 5.88. The molecule has 1 aliphatic heterocycles. The van der Waals surface area contributed by atoms with Crippen molar-refractivity contribution in [2.75, 3.05) is 7.11 Å². The van der Waals surface area contributed by atoms with Gasteiger partial charge in [0.25, 0.3) is 0 Å². The smallest absolute Gasteiger partial charge is 0.328 e. The van der Waals surface area contributed by atoms with Gasteiger partial charge in [0.2, 0.25) is 11.8 Å². The molecule has 2 fully saturated rings. The molecular weight excluding hydrogens is 334 g/mol. The van der Waals surface area contributed by atoms with Gasteiger partial charge in [-0.2, -0.15) is 0 Å². The number of nitrogens with one attached hydrogen (secondary N) is 2. The first kappa shape index (κ1) is 20.7. The van der Waals surface area contributed by atoms with E-state index in [1.54, 1.807) is 0 Å². The predicted octanol–water partition coefficient (Wildman–Crippen LogP) is 0.498. The van der Waals surface area contributed by atoms with Crippen molar-refractivity contribution in [2.45, 2.75) is 63.6 Å². The number of halogens is 1. The molecule has 0 aromatic heterocycles. The lowest BCUT2D eigenvalue weighted by atomic mass is 9.91. The molecule has 0 bridgehead atoms. The second-order valence-corrected chi connectivity index (χ2v) is 7.38. The van der Waals surface area contributed by atoms with Crippen molar-refractivity contribution >= 4 is 30.2 Å². The van der Waals surface area contributed by atoms with Gasteiger partial charge in [0.05, 0.1) is 13.2 Å². The quantitative estimate of drug-likeness (QED) is 0.572. The third-order valence-corrected chi connectivity index (χ3v) is 4.53. The number of nitrogens with two attached hydrogens (primary N) is 1. The van der Waals surface area contributed by atoms with Crippen LogP contribution in [0.5, 0.6) is 0 Å². The molecule has 0 radical (unpaired) electrons. The maximum Gasteiger partial charge on any atom is 0.328 e. The zero-order valence-corrected chi connectivity index (χ0v) is 15.3. The first-order chi connectivity index (χ1) is 10.7. The predicted molar refractivity (Wildman–Crippen MR) is 91.5 cm³/mol. The van der Waals surface area contributed by atoms with Gasteiger partial charge in [0, 0.05) is 11.5 Å². The number of rotatable bonds is 7. The summed E-state index contributed by atoms with van der Waals surface area (Å²) in [6.45, 7) is 3.87. The Morgan fingerprint density at radius 3 is 2.46 bits per heavy atom. The molecule has 1 saturated carbocycles. The van der Waals surface area contributed by atoms with E-state index in [2.05, 4.69) is 10.6 Å². The Balaban J connectivity index is 0.00000288. The number of ether oxygens (including phenoxy) is 1. The van der Waals surface area contributed by atoms with Crippen LogP contribution < -0.4 is 16.4 Å². The van der Waals surface area contributed by atoms with Gasteiger partial charge < -0.3 is 21.1 Å². The van der Waals surface area contributed by atoms with Crippen LogP contribution >= 0.6 is 12.4 Å². The van der Waals surface area contributed by atoms with E-state index >= 15 is 0 Å². The Kier molecular flexibility index (Phi) is 7.04. The van der Waals surface area contributed by atoms with Crippen molar-refractivity contribution in [2.24, 2.45) is 17.6 Å². The Morgan fingerprint density at radius 2 is 2.00 bits per heavy atom. The van der Waals surface area contributed by atoms with E-state index in [1.807, 2.05) is 13.8 Å². The van der Waals surface area contributed by atoms with E-state index in [0.29, 0.717) is 18.8 Å². The molecule has 138 valence electrons. The van der Waals surface area contributed by atoms with Crippen molar-refractivity contribution in [1.29, 1.82) is 0 Å². The van der Waals surface area contributed by atoms with Gasteiger partial charge in [-0.3, -0.25) is 9.59 Å². The molecule has 4 N–H and O–H groups in total. The van der Waals surface area contributed by atoms with E-state index < -0.39 is 18.1 Å². The highest BCUT2D eigenvalue weighted by Crippen LogP contribution is 2.33. The fourth-order valence-electron chi connectivity index (χ4n) is 3.12. The summed E-state index contributed by atoms with van der Waals surface area (Å²) in [5, 5.41) is 5.54. The summed E-state index contributed by atoms with van der Waals surface area (Å²) >= 11 is 0. The monoisotopic (exact) mass is 361 g/mol. The van der Waals surface area contributed by atoms with Crippen LogP contribution in [0.2, 0.25) is 0 Å². The van der Waals surface area contributed by atoms with Crippen molar-refractivity contribution in [3.63, 3.8) is 0 Å². The number of esters is 1. The minimum Gasteiger partial charge on any atom is -0.467 e. The van der Waals surface area contributed by atoms with E-state index in [1.165, 1.54) is 7.11 Å². The third kappa shape index (κ3) is 5.63. The summed E-state index contributed by atoms with van der Waals surface area (Å²) in [7, 11) is 1.27. The van der Waals surface area contributed by atoms with Gasteiger partial charge in [-0.05, 0) is 39.0 Å². The Hall–Kier alpha value is -1.34. The lowest BCUT2D eigenvalue weighted by molar-refractivity contribution is -0.146. The van der Waals surface area contributed by atoms with E-state index in [0.717, 1.165) is 12.8 Å². The topological polar surface area (TPSA) is 111 Å². The van der Waals surface area contributed by atoms with Crippen molar-refractivity contribution in [1.82, 2.24) is 10.6 Å². The van der Waals surface area contributed by atoms with Crippen LogP contribution in [0, 0.1) is 11.8 Å². The summed E-state index contributed by atoms with van der Waals surface area (Å²) in [6.07, 6.45) is 3.70. The summed E-state index contributed by atoms with van der Waals surface area (Å²) in [5.41, 5.74) is 5.59. The zero-order valence-electron chi connectivity index (χ0n) is 14.5. The Morgan fingerprint density at radius 1 is 1.38 bits per heavy atom. The number of hydrogen-bond acceptors (Lipinski definition) is 5. The molecular formula is C16H28ClN3O4. The fraction of sp³-hybridized carbons (Fsp3) is 0.812. The van der Waals surface area contributed by atoms with Crippen LogP contribution in [-0.2, 0) is 19.1 Å². The average Bonchev–Trinajstić information content (AvgIpc) is 3.23. The van der Waals surface area contributed by atoms with E-state index in [9.17, 15) is 14.4 Å². The van der Waals surface area contributed by atoms with Crippen LogP contribution in [0.3, 0.4) is 0 Å². The van der Waals surface area contributed by atoms with Crippen LogP contribution in [0.4, 0.5) is 0 Å². The molecule has 0 spiro atoms. The van der Waals surface area contributed by atoms with Crippen LogP contribution in [0.1, 0.15) is 46.0 Å². The maximum atomic E-state index is 12.2. The van der Waals surface area contributed by atoms with E-state index in [4.69, 9.17) is 10.5 Å². The van der Waals surface area contributed by atoms with Gasteiger partial charge in [-0.15, -0.1) is 12.4 Å². The molecule has 1 saturated heterocycles. The highest BCUT2D eigenvalue weighted by atomic mass is 35.5. The van der Waals surface area contributed by atoms with Crippen LogP contribution in [0.25, 0.3) is 0 Å².